The van der Waals surface area contributed by atoms with Crippen molar-refractivity contribution in [2.45, 2.75) is 0 Å². The fraction of sp³-hybridized carbons (Fsp3) is 0. The van der Waals surface area contributed by atoms with Crippen LogP contribution < -0.4 is 0 Å². The fourth-order valence-corrected chi connectivity index (χ4v) is 6.44. The molecule has 0 saturated heterocycles. The lowest BCUT2D eigenvalue weighted by Crippen LogP contribution is -1.92. The first-order chi connectivity index (χ1) is 20.8. The molecular weight excluding hydrogens is 504 g/mol. The summed E-state index contributed by atoms with van der Waals surface area (Å²) in [6.45, 7) is 0. The topological polar surface area (TPSA) is 0 Å². The van der Waals surface area contributed by atoms with Crippen LogP contribution >= 0.6 is 0 Å². The van der Waals surface area contributed by atoms with E-state index in [2.05, 4.69) is 170 Å². The Labute approximate surface area is 246 Å². The Morgan fingerprint density at radius 1 is 0.214 bits per heavy atom. The van der Waals surface area contributed by atoms with Gasteiger partial charge in [-0.2, -0.15) is 0 Å². The van der Waals surface area contributed by atoms with Gasteiger partial charge < -0.3 is 0 Å². The van der Waals surface area contributed by atoms with E-state index in [9.17, 15) is 0 Å². The molecule has 0 aliphatic heterocycles. The Hall–Kier alpha value is -5.46. The van der Waals surface area contributed by atoms with Crippen LogP contribution in [0.15, 0.2) is 170 Å². The van der Waals surface area contributed by atoms with Crippen LogP contribution in [0.25, 0.3) is 76.8 Å². The molecule has 0 saturated carbocycles. The van der Waals surface area contributed by atoms with Crippen molar-refractivity contribution in [3.8, 4) is 44.5 Å². The van der Waals surface area contributed by atoms with Gasteiger partial charge in [-0.05, 0) is 95.0 Å². The van der Waals surface area contributed by atoms with Crippen molar-refractivity contribution in [3.63, 3.8) is 0 Å². The average Bonchev–Trinajstić information content (AvgIpc) is 3.07. The van der Waals surface area contributed by atoms with E-state index in [-0.39, 0.29) is 0 Å². The molecule has 0 fully saturated rings. The second-order valence-corrected chi connectivity index (χ2v) is 10.9. The Morgan fingerprint density at radius 3 is 1.48 bits per heavy atom. The van der Waals surface area contributed by atoms with Gasteiger partial charge >= 0.3 is 0 Å². The number of fused-ring (bicyclic) bond motifs is 3. The molecule has 8 aromatic carbocycles. The van der Waals surface area contributed by atoms with E-state index in [1.54, 1.807) is 0 Å². The van der Waals surface area contributed by atoms with Crippen molar-refractivity contribution < 1.29 is 0 Å². The molecule has 0 aromatic heterocycles. The molecular formula is C42H28. The molecule has 0 aliphatic carbocycles. The summed E-state index contributed by atoms with van der Waals surface area (Å²) < 4.78 is 0. The van der Waals surface area contributed by atoms with Crippen LogP contribution in [0.1, 0.15) is 0 Å². The maximum Gasteiger partial charge on any atom is -0.00259 e. The highest BCUT2D eigenvalue weighted by Gasteiger charge is 2.18. The van der Waals surface area contributed by atoms with Crippen LogP contribution in [0, 0.1) is 0 Å². The van der Waals surface area contributed by atoms with E-state index in [1.165, 1.54) is 76.8 Å². The van der Waals surface area contributed by atoms with Crippen molar-refractivity contribution in [2.75, 3.05) is 0 Å². The SMILES string of the molecule is c1ccc(-c2ccc3c(-c4ccccc4)c4ccccc4c(-c4cccc(-c5ccc6ccccc6c5)c4)c3c2)cc1. The summed E-state index contributed by atoms with van der Waals surface area (Å²) in [5.74, 6) is 0. The van der Waals surface area contributed by atoms with Crippen LogP contribution in [0.3, 0.4) is 0 Å². The van der Waals surface area contributed by atoms with E-state index in [0.29, 0.717) is 0 Å². The second kappa shape index (κ2) is 10.2. The van der Waals surface area contributed by atoms with Crippen LogP contribution in [0.5, 0.6) is 0 Å². The van der Waals surface area contributed by atoms with Gasteiger partial charge in [0.05, 0.1) is 0 Å². The molecule has 0 nitrogen and oxygen atoms in total. The summed E-state index contributed by atoms with van der Waals surface area (Å²) in [4.78, 5) is 0. The summed E-state index contributed by atoms with van der Waals surface area (Å²) in [6, 6.07) is 61.8. The molecule has 0 unspecified atom stereocenters. The first kappa shape index (κ1) is 24.3. The zero-order chi connectivity index (χ0) is 27.9. The first-order valence-electron chi connectivity index (χ1n) is 14.5. The lowest BCUT2D eigenvalue weighted by Gasteiger charge is -2.19. The van der Waals surface area contributed by atoms with E-state index >= 15 is 0 Å². The highest BCUT2D eigenvalue weighted by atomic mass is 14.2. The highest BCUT2D eigenvalue weighted by Crippen LogP contribution is 2.45. The van der Waals surface area contributed by atoms with Crippen LogP contribution in [0.2, 0.25) is 0 Å². The second-order valence-electron chi connectivity index (χ2n) is 10.9. The van der Waals surface area contributed by atoms with Crippen molar-refractivity contribution in [1.82, 2.24) is 0 Å². The van der Waals surface area contributed by atoms with Crippen LogP contribution in [-0.4, -0.2) is 0 Å². The maximum atomic E-state index is 2.39. The Balaban J connectivity index is 1.44. The molecule has 0 atom stereocenters. The van der Waals surface area contributed by atoms with Gasteiger partial charge in [0.2, 0.25) is 0 Å². The number of rotatable bonds is 4. The average molecular weight is 533 g/mol. The number of hydrogen-bond donors (Lipinski definition) is 0. The third kappa shape index (κ3) is 4.17. The quantitative estimate of drug-likeness (QED) is 0.198. The molecule has 0 aliphatic rings. The predicted molar refractivity (Wildman–Crippen MR) is 181 cm³/mol. The van der Waals surface area contributed by atoms with Gasteiger partial charge in [0, 0.05) is 0 Å². The van der Waals surface area contributed by atoms with E-state index in [1.807, 2.05) is 0 Å². The third-order valence-electron chi connectivity index (χ3n) is 8.43. The minimum Gasteiger partial charge on any atom is -0.0622 e. The predicted octanol–water partition coefficient (Wildman–Crippen LogP) is 11.8. The van der Waals surface area contributed by atoms with E-state index < -0.39 is 0 Å². The molecule has 42 heavy (non-hydrogen) atoms. The largest absolute Gasteiger partial charge is 0.0622 e. The molecule has 0 heterocycles. The monoisotopic (exact) mass is 532 g/mol. The molecule has 0 radical (unpaired) electrons. The van der Waals surface area contributed by atoms with Crippen LogP contribution in [0.4, 0.5) is 0 Å². The molecule has 196 valence electrons. The third-order valence-corrected chi connectivity index (χ3v) is 8.43. The minimum absolute atomic E-state index is 1.22. The van der Waals surface area contributed by atoms with Crippen LogP contribution in [-0.2, 0) is 0 Å². The van der Waals surface area contributed by atoms with Gasteiger partial charge in [-0.25, -0.2) is 0 Å². The number of benzene rings is 8. The van der Waals surface area contributed by atoms with Crippen molar-refractivity contribution >= 4 is 32.3 Å². The summed E-state index contributed by atoms with van der Waals surface area (Å²) >= 11 is 0. The molecule has 0 amide bonds. The van der Waals surface area contributed by atoms with Gasteiger partial charge in [0.15, 0.2) is 0 Å². The standard InChI is InChI=1S/C42H28/c1-3-12-29(13-4-1)35-24-25-39-40(28-35)42(38-21-10-9-20-37(38)41(39)31-15-5-2-6-16-31)36-19-11-18-33(27-36)34-23-22-30-14-7-8-17-32(30)26-34/h1-28H. The first-order valence-corrected chi connectivity index (χ1v) is 14.5. The Bertz CT molecular complexity index is 2220. The Morgan fingerprint density at radius 2 is 0.714 bits per heavy atom. The highest BCUT2D eigenvalue weighted by molar-refractivity contribution is 6.22. The number of hydrogen-bond acceptors (Lipinski definition) is 0. The zero-order valence-electron chi connectivity index (χ0n) is 23.2. The normalized spacial score (nSPS) is 11.3. The molecule has 0 spiro atoms. The molecule has 8 aromatic rings. The molecule has 0 N–H and O–H groups in total. The van der Waals surface area contributed by atoms with Crippen molar-refractivity contribution in [1.29, 1.82) is 0 Å². The van der Waals surface area contributed by atoms with Gasteiger partial charge in [-0.3, -0.25) is 0 Å². The fourth-order valence-electron chi connectivity index (χ4n) is 6.44. The van der Waals surface area contributed by atoms with Gasteiger partial charge in [-0.1, -0.05) is 152 Å². The van der Waals surface area contributed by atoms with Crippen molar-refractivity contribution in [3.05, 3.63) is 170 Å². The minimum atomic E-state index is 1.22. The molecule has 0 bridgehead atoms. The van der Waals surface area contributed by atoms with E-state index in [4.69, 9.17) is 0 Å². The summed E-state index contributed by atoms with van der Waals surface area (Å²) in [5.41, 5.74) is 9.94. The smallest absolute Gasteiger partial charge is 0.00259 e. The summed E-state index contributed by atoms with van der Waals surface area (Å²) in [6.07, 6.45) is 0. The lowest BCUT2D eigenvalue weighted by molar-refractivity contribution is 1.61. The van der Waals surface area contributed by atoms with Gasteiger partial charge in [0.1, 0.15) is 0 Å². The van der Waals surface area contributed by atoms with Crippen molar-refractivity contribution in [2.24, 2.45) is 0 Å². The van der Waals surface area contributed by atoms with Gasteiger partial charge in [-0.15, -0.1) is 0 Å². The molecule has 8 rings (SSSR count). The summed E-state index contributed by atoms with van der Waals surface area (Å²) in [5, 5.41) is 7.60. The zero-order valence-corrected chi connectivity index (χ0v) is 23.2. The van der Waals surface area contributed by atoms with E-state index in [0.717, 1.165) is 0 Å². The summed E-state index contributed by atoms with van der Waals surface area (Å²) in [7, 11) is 0. The molecule has 0 heteroatoms. The lowest BCUT2D eigenvalue weighted by atomic mass is 9.84. The van der Waals surface area contributed by atoms with Gasteiger partial charge in [0.25, 0.3) is 0 Å². The maximum absolute atomic E-state index is 2.39. The Kier molecular flexibility index (Phi) is 5.90.